The first-order valence-corrected chi connectivity index (χ1v) is 6.11. The molecule has 19 heavy (non-hydrogen) atoms. The van der Waals surface area contributed by atoms with Crippen LogP contribution < -0.4 is 5.32 Å². The Labute approximate surface area is 110 Å². The van der Waals surface area contributed by atoms with Gasteiger partial charge in [0.15, 0.2) is 0 Å². The molecular weight excluding hydrogens is 287 g/mol. The number of rotatable bonds is 5. The molecule has 1 aromatic carbocycles. The van der Waals surface area contributed by atoms with E-state index in [1.165, 1.54) is 0 Å². The molecule has 8 heteroatoms. The second kappa shape index (κ2) is 6.73. The molecule has 0 atom stereocenters. The summed E-state index contributed by atoms with van der Waals surface area (Å²) in [6.07, 6.45) is 0. The van der Waals surface area contributed by atoms with Gasteiger partial charge in [-0.3, -0.25) is 0 Å². The molecule has 0 aromatic heterocycles. The van der Waals surface area contributed by atoms with Crippen molar-refractivity contribution in [2.24, 2.45) is 0 Å². The van der Waals surface area contributed by atoms with E-state index in [2.05, 4.69) is 5.32 Å². The van der Waals surface area contributed by atoms with Gasteiger partial charge in [-0.1, -0.05) is 0 Å². The van der Waals surface area contributed by atoms with Gasteiger partial charge in [-0.25, -0.2) is 8.78 Å². The third kappa shape index (κ3) is 5.44. The third-order valence-corrected chi connectivity index (χ3v) is 2.85. The molecule has 0 aliphatic carbocycles. The first-order chi connectivity index (χ1) is 8.83. The van der Waals surface area contributed by atoms with Crippen LogP contribution in [0.15, 0.2) is 12.1 Å². The van der Waals surface area contributed by atoms with Crippen LogP contribution in [-0.4, -0.2) is 17.8 Å². The second-order valence-corrected chi connectivity index (χ2v) is 4.66. The summed E-state index contributed by atoms with van der Waals surface area (Å²) in [7, 11) is 0. The van der Waals surface area contributed by atoms with Crippen molar-refractivity contribution in [3.63, 3.8) is 0 Å². The van der Waals surface area contributed by atoms with E-state index in [1.807, 2.05) is 0 Å². The lowest BCUT2D eigenvalue weighted by molar-refractivity contribution is -0.0327. The molecule has 1 rings (SSSR count). The summed E-state index contributed by atoms with van der Waals surface area (Å²) in [4.78, 5) is 0. The molecule has 2 nitrogen and oxygen atoms in total. The van der Waals surface area contributed by atoms with E-state index >= 15 is 0 Å². The second-order valence-electron chi connectivity index (χ2n) is 3.50. The minimum Gasteiger partial charge on any atom is -0.312 e. The van der Waals surface area contributed by atoms with Crippen molar-refractivity contribution in [1.29, 1.82) is 5.26 Å². The molecule has 1 N–H and O–H groups in total. The lowest BCUT2D eigenvalue weighted by atomic mass is 10.1. The smallest absolute Gasteiger partial charge is 0.312 e. The van der Waals surface area contributed by atoms with E-state index in [9.17, 15) is 22.0 Å². The molecule has 0 bridgehead atoms. The average Bonchev–Trinajstić information content (AvgIpc) is 2.30. The maximum Gasteiger partial charge on any atom is 0.441 e. The van der Waals surface area contributed by atoms with Crippen molar-refractivity contribution in [3.8, 4) is 6.07 Å². The molecule has 104 valence electrons. The Bertz CT molecular complexity index is 458. The molecule has 0 heterocycles. The van der Waals surface area contributed by atoms with Crippen LogP contribution in [0.4, 0.5) is 22.0 Å². The van der Waals surface area contributed by atoms with Gasteiger partial charge in [0.2, 0.25) is 0 Å². The standard InChI is InChI=1S/C11H9F5N2S/c12-9-3-7(5-17)4-10(13)8(9)6-18-1-2-19-11(14,15)16/h3-4,18H,1-2,6H2. The van der Waals surface area contributed by atoms with Gasteiger partial charge in [0.25, 0.3) is 0 Å². The first-order valence-electron chi connectivity index (χ1n) is 5.13. The van der Waals surface area contributed by atoms with E-state index in [0.29, 0.717) is 0 Å². The number of nitriles is 1. The van der Waals surface area contributed by atoms with Gasteiger partial charge < -0.3 is 5.32 Å². The summed E-state index contributed by atoms with van der Waals surface area (Å²) in [5.74, 6) is -2.04. The molecule has 1 aromatic rings. The molecular formula is C11H9F5N2S. The highest BCUT2D eigenvalue weighted by atomic mass is 32.2. The number of hydrogen-bond donors (Lipinski definition) is 1. The Balaban J connectivity index is 2.49. The SMILES string of the molecule is N#Cc1cc(F)c(CNCCSC(F)(F)F)c(F)c1. The molecule has 0 amide bonds. The maximum absolute atomic E-state index is 13.4. The molecule has 0 saturated carbocycles. The van der Waals surface area contributed by atoms with Crippen molar-refractivity contribution in [2.45, 2.75) is 12.1 Å². The predicted octanol–water partition coefficient (Wildman–Crippen LogP) is 3.18. The summed E-state index contributed by atoms with van der Waals surface area (Å²) in [6, 6.07) is 3.36. The van der Waals surface area contributed by atoms with Gasteiger partial charge in [-0.2, -0.15) is 18.4 Å². The minimum atomic E-state index is -4.31. The number of hydrogen-bond acceptors (Lipinski definition) is 3. The fourth-order valence-electron chi connectivity index (χ4n) is 1.29. The van der Waals surface area contributed by atoms with Crippen LogP contribution in [-0.2, 0) is 6.54 Å². The Hall–Kier alpha value is -1.33. The summed E-state index contributed by atoms with van der Waals surface area (Å²) in [5, 5.41) is 11.0. The van der Waals surface area contributed by atoms with Crippen molar-refractivity contribution in [2.75, 3.05) is 12.3 Å². The van der Waals surface area contributed by atoms with E-state index in [1.54, 1.807) is 6.07 Å². The Morgan fingerprint density at radius 2 is 1.79 bits per heavy atom. The fraction of sp³-hybridized carbons (Fsp3) is 0.364. The van der Waals surface area contributed by atoms with Crippen LogP contribution in [0.1, 0.15) is 11.1 Å². The number of benzene rings is 1. The zero-order chi connectivity index (χ0) is 14.5. The van der Waals surface area contributed by atoms with E-state index < -0.39 is 17.1 Å². The predicted molar refractivity (Wildman–Crippen MR) is 61.3 cm³/mol. The van der Waals surface area contributed by atoms with Gasteiger partial charge in [0.05, 0.1) is 11.6 Å². The van der Waals surface area contributed by atoms with E-state index in [-0.39, 0.29) is 41.7 Å². The molecule has 0 aliphatic heterocycles. The van der Waals surface area contributed by atoms with E-state index in [0.717, 1.165) is 12.1 Å². The van der Waals surface area contributed by atoms with Crippen LogP contribution >= 0.6 is 11.8 Å². The largest absolute Gasteiger partial charge is 0.441 e. The fourth-order valence-corrected chi connectivity index (χ4v) is 1.77. The van der Waals surface area contributed by atoms with Crippen LogP contribution in [0.5, 0.6) is 0 Å². The normalized spacial score (nSPS) is 11.4. The summed E-state index contributed by atoms with van der Waals surface area (Å²) >= 11 is -0.210. The summed E-state index contributed by atoms with van der Waals surface area (Å²) in [5.41, 5.74) is -4.76. The monoisotopic (exact) mass is 296 g/mol. The van der Waals surface area contributed by atoms with Crippen LogP contribution in [0, 0.1) is 23.0 Å². The van der Waals surface area contributed by atoms with Crippen molar-refractivity contribution < 1.29 is 22.0 Å². The number of halogens is 5. The Morgan fingerprint density at radius 3 is 2.26 bits per heavy atom. The Morgan fingerprint density at radius 1 is 1.21 bits per heavy atom. The minimum absolute atomic E-state index is 0.0386. The summed E-state index contributed by atoms with van der Waals surface area (Å²) < 4.78 is 62.2. The van der Waals surface area contributed by atoms with Gasteiger partial charge in [0, 0.05) is 24.4 Å². The highest BCUT2D eigenvalue weighted by Gasteiger charge is 2.27. The van der Waals surface area contributed by atoms with Gasteiger partial charge in [-0.05, 0) is 23.9 Å². The molecule has 0 saturated heterocycles. The maximum atomic E-state index is 13.4. The van der Waals surface area contributed by atoms with Crippen molar-refractivity contribution in [3.05, 3.63) is 34.9 Å². The van der Waals surface area contributed by atoms with E-state index in [4.69, 9.17) is 5.26 Å². The van der Waals surface area contributed by atoms with Gasteiger partial charge >= 0.3 is 5.51 Å². The van der Waals surface area contributed by atoms with Crippen LogP contribution in [0.2, 0.25) is 0 Å². The summed E-state index contributed by atoms with van der Waals surface area (Å²) in [6.45, 7) is -0.273. The van der Waals surface area contributed by atoms with Gasteiger partial charge in [-0.15, -0.1) is 0 Å². The molecule has 0 unspecified atom stereocenters. The zero-order valence-electron chi connectivity index (χ0n) is 9.52. The first kappa shape index (κ1) is 15.7. The average molecular weight is 296 g/mol. The van der Waals surface area contributed by atoms with Crippen LogP contribution in [0.3, 0.4) is 0 Å². The number of thioether (sulfide) groups is 1. The molecule has 0 fully saturated rings. The molecule has 0 radical (unpaired) electrons. The Kier molecular flexibility index (Phi) is 5.57. The lowest BCUT2D eigenvalue weighted by Gasteiger charge is -2.08. The quantitative estimate of drug-likeness (QED) is 0.669. The van der Waals surface area contributed by atoms with Crippen LogP contribution in [0.25, 0.3) is 0 Å². The third-order valence-electron chi connectivity index (χ3n) is 2.12. The lowest BCUT2D eigenvalue weighted by Crippen LogP contribution is -2.20. The number of alkyl halides is 3. The van der Waals surface area contributed by atoms with Crippen molar-refractivity contribution in [1.82, 2.24) is 5.32 Å². The highest BCUT2D eigenvalue weighted by Crippen LogP contribution is 2.29. The zero-order valence-corrected chi connectivity index (χ0v) is 10.3. The number of nitrogens with zero attached hydrogens (tertiary/aromatic N) is 1. The number of nitrogens with one attached hydrogen (secondary N) is 1. The topological polar surface area (TPSA) is 35.8 Å². The molecule has 0 spiro atoms. The van der Waals surface area contributed by atoms with Crippen molar-refractivity contribution >= 4 is 11.8 Å². The molecule has 0 aliphatic rings. The highest BCUT2D eigenvalue weighted by molar-refractivity contribution is 8.00. The van der Waals surface area contributed by atoms with Gasteiger partial charge in [0.1, 0.15) is 11.6 Å².